The molecule has 3 N–H and O–H groups in total. The summed E-state index contributed by atoms with van der Waals surface area (Å²) in [6.45, 7) is 4.55. The van der Waals surface area contributed by atoms with E-state index >= 15 is 0 Å². The van der Waals surface area contributed by atoms with Crippen molar-refractivity contribution in [3.63, 3.8) is 0 Å². The van der Waals surface area contributed by atoms with Crippen molar-refractivity contribution in [2.45, 2.75) is 32.2 Å². The number of hydrogen-bond acceptors (Lipinski definition) is 7. The minimum atomic E-state index is -0.781. The van der Waals surface area contributed by atoms with Crippen molar-refractivity contribution in [1.82, 2.24) is 29.8 Å². The molecule has 0 bridgehead atoms. The van der Waals surface area contributed by atoms with Crippen LogP contribution in [0.4, 0.5) is 23.3 Å². The Balaban J connectivity index is 1.49. The largest absolute Gasteiger partial charge is 0.325 e. The molecule has 5 heterocycles. The average Bonchev–Trinajstić information content (AvgIpc) is 3.49. The number of amides is 1. The zero-order valence-corrected chi connectivity index (χ0v) is 17.3. The highest BCUT2D eigenvalue weighted by Crippen LogP contribution is 2.34. The number of hydrogen-bond donors (Lipinski definition) is 3. The van der Waals surface area contributed by atoms with Crippen LogP contribution in [0.2, 0.25) is 0 Å². The Morgan fingerprint density at radius 2 is 2.19 bits per heavy atom. The molecule has 158 valence electrons. The first kappa shape index (κ1) is 19.0. The van der Waals surface area contributed by atoms with Crippen LogP contribution >= 0.6 is 0 Å². The van der Waals surface area contributed by atoms with E-state index in [1.807, 2.05) is 49.2 Å². The number of nitrogens with one attached hydrogen (secondary N) is 3. The van der Waals surface area contributed by atoms with Crippen LogP contribution in [0.15, 0.2) is 48.9 Å². The molecule has 4 aromatic rings. The number of fused-ring (bicyclic) bond motifs is 1. The van der Waals surface area contributed by atoms with Crippen LogP contribution in [-0.4, -0.2) is 47.8 Å². The Kier molecular flexibility index (Phi) is 4.54. The molecule has 0 aromatic carbocycles. The van der Waals surface area contributed by atoms with Crippen LogP contribution in [0.5, 0.6) is 0 Å². The second-order valence-corrected chi connectivity index (χ2v) is 7.88. The smallest absolute Gasteiger partial charge is 0.250 e. The summed E-state index contributed by atoms with van der Waals surface area (Å²) in [5.41, 5.74) is 1.66. The van der Waals surface area contributed by atoms with Gasteiger partial charge in [-0.3, -0.25) is 14.9 Å². The van der Waals surface area contributed by atoms with Gasteiger partial charge in [-0.05, 0) is 51.0 Å². The minimum absolute atomic E-state index is 0.105. The Morgan fingerprint density at radius 3 is 2.97 bits per heavy atom. The summed E-state index contributed by atoms with van der Waals surface area (Å²) in [4.78, 5) is 24.1. The minimum Gasteiger partial charge on any atom is -0.325 e. The molecular weight excluding hydrogens is 394 g/mol. The normalized spacial score (nSPS) is 18.5. The van der Waals surface area contributed by atoms with Gasteiger partial charge in [0.1, 0.15) is 11.1 Å². The number of pyridine rings is 1. The predicted octanol–water partition coefficient (Wildman–Crippen LogP) is 2.90. The van der Waals surface area contributed by atoms with Gasteiger partial charge in [-0.1, -0.05) is 0 Å². The zero-order valence-electron chi connectivity index (χ0n) is 17.3. The highest BCUT2D eigenvalue weighted by molar-refractivity contribution is 6.00. The number of anilines is 4. The summed E-state index contributed by atoms with van der Waals surface area (Å²) < 4.78 is 1.77. The number of H-pyrrole nitrogens is 1. The lowest BCUT2D eigenvalue weighted by molar-refractivity contribution is -0.120. The van der Waals surface area contributed by atoms with Gasteiger partial charge in [0.15, 0.2) is 11.6 Å². The highest BCUT2D eigenvalue weighted by Gasteiger charge is 2.45. The average molecular weight is 417 g/mol. The molecule has 1 amide bonds. The summed E-state index contributed by atoms with van der Waals surface area (Å²) in [6.07, 6.45) is 6.75. The van der Waals surface area contributed by atoms with Crippen LogP contribution in [0.3, 0.4) is 0 Å². The van der Waals surface area contributed by atoms with Crippen molar-refractivity contribution in [3.8, 4) is 0 Å². The van der Waals surface area contributed by atoms with E-state index in [1.54, 1.807) is 23.0 Å². The second kappa shape index (κ2) is 7.38. The SMILES string of the molecule is Cc1cc(Nc2nc(N3CCC[C@@]3(C)C(=O)Nc3cccnc3)nn3cccc23)n[nH]1. The molecule has 5 rings (SSSR count). The fourth-order valence-electron chi connectivity index (χ4n) is 3.96. The third-order valence-corrected chi connectivity index (χ3v) is 5.62. The standard InChI is InChI=1S/C21H23N9O/c1-14-12-17(27-26-14)24-18-16-7-4-11-30(16)28-20(25-18)29-10-5-8-21(29,2)19(31)23-15-6-3-9-22-13-15/h3-4,6-7,9,11-13H,5,8,10H2,1-2H3,(H,23,31)(H2,24,25,26,27,28)/t21-/m0/s1. The number of aryl methyl sites for hydroxylation is 1. The van der Waals surface area contributed by atoms with Crippen LogP contribution in [0, 0.1) is 6.92 Å². The number of carbonyl (C=O) groups is 1. The monoisotopic (exact) mass is 417 g/mol. The number of rotatable bonds is 5. The molecule has 1 fully saturated rings. The molecule has 10 heteroatoms. The third kappa shape index (κ3) is 3.45. The molecule has 0 aliphatic carbocycles. The van der Waals surface area contributed by atoms with E-state index in [-0.39, 0.29) is 5.91 Å². The fourth-order valence-corrected chi connectivity index (χ4v) is 3.96. The van der Waals surface area contributed by atoms with E-state index in [2.05, 4.69) is 30.9 Å². The molecule has 1 aliphatic rings. The van der Waals surface area contributed by atoms with Gasteiger partial charge in [-0.15, -0.1) is 5.10 Å². The van der Waals surface area contributed by atoms with Gasteiger partial charge in [-0.25, -0.2) is 4.52 Å². The van der Waals surface area contributed by atoms with Crippen molar-refractivity contribution in [2.24, 2.45) is 0 Å². The maximum Gasteiger partial charge on any atom is 0.250 e. The maximum atomic E-state index is 13.2. The van der Waals surface area contributed by atoms with Crippen molar-refractivity contribution in [2.75, 3.05) is 22.1 Å². The summed E-state index contributed by atoms with van der Waals surface area (Å²) in [6, 6.07) is 9.37. The molecule has 0 radical (unpaired) electrons. The fraction of sp³-hybridized carbons (Fsp3) is 0.286. The molecule has 0 saturated carbocycles. The van der Waals surface area contributed by atoms with Crippen molar-refractivity contribution < 1.29 is 4.79 Å². The third-order valence-electron chi connectivity index (χ3n) is 5.62. The lowest BCUT2D eigenvalue weighted by Crippen LogP contribution is -2.51. The summed E-state index contributed by atoms with van der Waals surface area (Å²) in [5, 5.41) is 18.1. The second-order valence-electron chi connectivity index (χ2n) is 7.88. The van der Waals surface area contributed by atoms with E-state index in [0.717, 1.165) is 17.6 Å². The van der Waals surface area contributed by atoms with Gasteiger partial charge in [0.2, 0.25) is 11.9 Å². The van der Waals surface area contributed by atoms with Crippen molar-refractivity contribution in [1.29, 1.82) is 0 Å². The Labute approximate surface area is 178 Å². The van der Waals surface area contributed by atoms with Gasteiger partial charge in [0.25, 0.3) is 0 Å². The molecule has 4 aromatic heterocycles. The Hall–Kier alpha value is -3.95. The molecule has 0 spiro atoms. The zero-order chi connectivity index (χ0) is 21.4. The first-order valence-corrected chi connectivity index (χ1v) is 10.2. The molecular formula is C21H23N9O. The van der Waals surface area contributed by atoms with E-state index in [9.17, 15) is 4.79 Å². The predicted molar refractivity (Wildman–Crippen MR) is 117 cm³/mol. The molecule has 10 nitrogen and oxygen atoms in total. The first-order chi connectivity index (χ1) is 15.0. The highest BCUT2D eigenvalue weighted by atomic mass is 16.2. The lowest BCUT2D eigenvalue weighted by atomic mass is 9.98. The van der Waals surface area contributed by atoms with E-state index < -0.39 is 5.54 Å². The molecule has 0 unspecified atom stereocenters. The summed E-state index contributed by atoms with van der Waals surface area (Å²) in [5.74, 6) is 1.68. The van der Waals surface area contributed by atoms with Crippen molar-refractivity contribution in [3.05, 3.63) is 54.6 Å². The van der Waals surface area contributed by atoms with Gasteiger partial charge >= 0.3 is 0 Å². The summed E-state index contributed by atoms with van der Waals surface area (Å²) in [7, 11) is 0. The Morgan fingerprint density at radius 1 is 1.29 bits per heavy atom. The maximum absolute atomic E-state index is 13.2. The van der Waals surface area contributed by atoms with E-state index in [4.69, 9.17) is 4.98 Å². The number of carbonyl (C=O) groups excluding carboxylic acids is 1. The van der Waals surface area contributed by atoms with Gasteiger partial charge in [0.05, 0.1) is 11.9 Å². The van der Waals surface area contributed by atoms with E-state index in [0.29, 0.717) is 36.2 Å². The molecule has 1 saturated heterocycles. The first-order valence-electron chi connectivity index (χ1n) is 10.2. The van der Waals surface area contributed by atoms with Crippen LogP contribution in [0.1, 0.15) is 25.5 Å². The molecule has 1 atom stereocenters. The van der Waals surface area contributed by atoms with Gasteiger partial charge in [0, 0.05) is 30.7 Å². The summed E-state index contributed by atoms with van der Waals surface area (Å²) >= 11 is 0. The Bertz CT molecular complexity index is 1230. The quantitative estimate of drug-likeness (QED) is 0.457. The van der Waals surface area contributed by atoms with E-state index in [1.165, 1.54) is 0 Å². The lowest BCUT2D eigenvalue weighted by Gasteiger charge is -2.34. The van der Waals surface area contributed by atoms with Crippen LogP contribution in [0.25, 0.3) is 5.52 Å². The van der Waals surface area contributed by atoms with Gasteiger partial charge in [-0.2, -0.15) is 10.1 Å². The number of aromatic nitrogens is 6. The number of nitrogens with zero attached hydrogens (tertiary/aromatic N) is 6. The van der Waals surface area contributed by atoms with Crippen LogP contribution in [-0.2, 0) is 4.79 Å². The van der Waals surface area contributed by atoms with Crippen LogP contribution < -0.4 is 15.5 Å². The van der Waals surface area contributed by atoms with Crippen molar-refractivity contribution >= 4 is 34.7 Å². The topological polar surface area (TPSA) is 116 Å². The van der Waals surface area contributed by atoms with Gasteiger partial charge < -0.3 is 15.5 Å². The molecule has 31 heavy (non-hydrogen) atoms. The number of aromatic amines is 1. The molecule has 1 aliphatic heterocycles.